The van der Waals surface area contributed by atoms with Crippen LogP contribution in [0.2, 0.25) is 5.02 Å². The Balaban J connectivity index is 0.000000159. The molecule has 0 bridgehead atoms. The first-order valence-corrected chi connectivity index (χ1v) is 22.2. The van der Waals surface area contributed by atoms with E-state index in [1.807, 2.05) is 0 Å². The first-order chi connectivity index (χ1) is 35.4. The summed E-state index contributed by atoms with van der Waals surface area (Å²) in [7, 11) is 0. The molecule has 4 aromatic heterocycles. The number of aromatic hydroxyl groups is 3. The van der Waals surface area contributed by atoms with Gasteiger partial charge in [0.05, 0.1) is 36.2 Å². The van der Waals surface area contributed by atoms with Gasteiger partial charge in [-0.15, -0.1) is 30.6 Å². The number of non-ortho nitro benzene ring substituents is 2. The standard InChI is InChI=1S/C22H15ClN8O3.C15H11N5O4.C9H7BrN4O2/c23-17-9-18-11(5-15(17)21(24)25)8-19(26-18)16-7-12(22-27-29-30-28-22)6-14(20(16)32)10-2-1-3-13(4-10)31(33)34;1-8(21)12-6-10(15-16-18-19-17-15)7-13(14(12)22)9-3-2-4-11(5-9)20(23)24;1-4(15)6-2-5(3-7(10)8(6)16)9-11-13-14-12-9/h1-9,26,32H,(H3,24,25)(H,27,28,29,30);2-7,22H,1H3,(H,16,17,18,19);2-3,16H,1H3,(H,11,12,13,14). The molecule has 0 aliphatic carbocycles. The van der Waals surface area contributed by atoms with E-state index in [4.69, 9.17) is 22.7 Å². The third kappa shape index (κ3) is 10.6. The average Bonchev–Trinajstić information content (AvgIpc) is 4.24. The number of hydrogen-bond donors (Lipinski definition) is 9. The number of H-pyrrole nitrogens is 4. The molecule has 10 N–H and O–H groups in total. The van der Waals surface area contributed by atoms with E-state index in [1.54, 1.807) is 60.7 Å². The molecule has 0 spiro atoms. The highest BCUT2D eigenvalue weighted by Crippen LogP contribution is 2.43. The van der Waals surface area contributed by atoms with E-state index in [-0.39, 0.29) is 74.4 Å². The number of nitro benzene ring substituents is 2. The van der Waals surface area contributed by atoms with Crippen LogP contribution in [0.15, 0.2) is 108 Å². The molecule has 74 heavy (non-hydrogen) atoms. The summed E-state index contributed by atoms with van der Waals surface area (Å²) in [6.07, 6.45) is 0. The van der Waals surface area contributed by atoms with Crippen LogP contribution < -0.4 is 5.73 Å². The van der Waals surface area contributed by atoms with Gasteiger partial charge in [-0.1, -0.05) is 35.9 Å². The Morgan fingerprint density at radius 1 is 0.608 bits per heavy atom. The lowest BCUT2D eigenvalue weighted by atomic mass is 9.96. The van der Waals surface area contributed by atoms with Crippen molar-refractivity contribution < 1.29 is 34.8 Å². The lowest BCUT2D eigenvalue weighted by Gasteiger charge is -2.12. The number of nitrogen functional groups attached to an aromatic ring is 1. The fourth-order valence-corrected chi connectivity index (χ4v) is 8.10. The number of carbonyl (C=O) groups excluding carboxylic acids is 2. The second kappa shape index (κ2) is 21.1. The maximum atomic E-state index is 11.8. The van der Waals surface area contributed by atoms with Gasteiger partial charge in [-0.3, -0.25) is 35.2 Å². The second-order valence-corrected chi connectivity index (χ2v) is 16.9. The smallest absolute Gasteiger partial charge is 0.270 e. The van der Waals surface area contributed by atoms with Crippen LogP contribution in [0.1, 0.15) is 40.1 Å². The third-order valence-corrected chi connectivity index (χ3v) is 11.8. The molecule has 0 aliphatic rings. The zero-order valence-electron chi connectivity index (χ0n) is 37.9. The fourth-order valence-electron chi connectivity index (χ4n) is 7.37. The lowest BCUT2D eigenvalue weighted by molar-refractivity contribution is -0.385. The predicted molar refractivity (Wildman–Crippen MR) is 269 cm³/mol. The monoisotopic (exact) mass is 1080 g/mol. The summed E-state index contributed by atoms with van der Waals surface area (Å²) >= 11 is 9.41. The number of nitrogens with two attached hydrogens (primary N) is 1. The van der Waals surface area contributed by atoms with Crippen LogP contribution >= 0.6 is 27.5 Å². The number of halogens is 2. The normalized spacial score (nSPS) is 10.8. The van der Waals surface area contributed by atoms with E-state index in [1.165, 1.54) is 56.3 Å². The average molecular weight is 1080 g/mol. The number of rotatable bonds is 11. The highest BCUT2D eigenvalue weighted by atomic mass is 79.9. The molecule has 26 nitrogen and oxygen atoms in total. The minimum Gasteiger partial charge on any atom is -0.507 e. The number of nitrogens with one attached hydrogen (secondary N) is 5. The molecular weight excluding hydrogens is 1050 g/mol. The number of Topliss-reactive ketones (excluding diaryl/α,β-unsaturated/α-hetero) is 2. The molecule has 0 fully saturated rings. The van der Waals surface area contributed by atoms with Gasteiger partial charge in [0.15, 0.2) is 11.6 Å². The topological polar surface area (TPSA) is 410 Å². The van der Waals surface area contributed by atoms with Gasteiger partial charge >= 0.3 is 0 Å². The summed E-state index contributed by atoms with van der Waals surface area (Å²) in [4.78, 5) is 47.5. The van der Waals surface area contributed by atoms with Gasteiger partial charge in [0.2, 0.25) is 17.5 Å². The first-order valence-electron chi connectivity index (χ1n) is 21.0. The fraction of sp³-hybridized carbons (Fsp3) is 0.0435. The zero-order valence-corrected chi connectivity index (χ0v) is 40.2. The van der Waals surface area contributed by atoms with Gasteiger partial charge in [-0.05, 0) is 111 Å². The van der Waals surface area contributed by atoms with E-state index in [0.29, 0.717) is 71.0 Å². The van der Waals surface area contributed by atoms with Crippen molar-refractivity contribution >= 4 is 67.2 Å². The molecule has 0 aliphatic heterocycles. The van der Waals surface area contributed by atoms with Crippen LogP contribution in [0.3, 0.4) is 0 Å². The van der Waals surface area contributed by atoms with Crippen molar-refractivity contribution in [2.75, 3.05) is 0 Å². The molecule has 6 aromatic carbocycles. The van der Waals surface area contributed by atoms with E-state index >= 15 is 0 Å². The summed E-state index contributed by atoms with van der Waals surface area (Å²) in [5.74, 6) is -0.303. The number of aromatic nitrogens is 13. The van der Waals surface area contributed by atoms with Gasteiger partial charge in [-0.25, -0.2) is 0 Å². The molecule has 10 aromatic rings. The third-order valence-electron chi connectivity index (χ3n) is 10.9. The zero-order chi connectivity index (χ0) is 53.0. The van der Waals surface area contributed by atoms with Crippen molar-refractivity contribution in [2.45, 2.75) is 13.8 Å². The number of carbonyl (C=O) groups is 2. The van der Waals surface area contributed by atoms with Crippen molar-refractivity contribution in [3.8, 4) is 84.9 Å². The number of amidine groups is 1. The lowest BCUT2D eigenvalue weighted by Crippen LogP contribution is -2.11. The quantitative estimate of drug-likeness (QED) is 0.0194. The minimum absolute atomic E-state index is 0.0683. The number of phenolic OH excluding ortho intramolecular Hbond substituents is 3. The second-order valence-electron chi connectivity index (χ2n) is 15.6. The Hall–Kier alpha value is -10.2. The Morgan fingerprint density at radius 3 is 1.53 bits per heavy atom. The number of nitrogens with zero attached hydrogens (tertiary/aromatic N) is 11. The Labute approximate surface area is 426 Å². The number of tetrazole rings is 3. The van der Waals surface area contributed by atoms with Gasteiger partial charge in [0, 0.05) is 74.1 Å². The molecule has 370 valence electrons. The number of benzene rings is 6. The summed E-state index contributed by atoms with van der Waals surface area (Å²) < 4.78 is 0.417. The van der Waals surface area contributed by atoms with Crippen LogP contribution in [0.4, 0.5) is 11.4 Å². The molecule has 0 unspecified atom stereocenters. The van der Waals surface area contributed by atoms with Crippen LogP contribution in [-0.2, 0) is 0 Å². The predicted octanol–water partition coefficient (Wildman–Crippen LogP) is 8.12. The Morgan fingerprint density at radius 2 is 1.07 bits per heavy atom. The molecule has 0 amide bonds. The molecule has 0 saturated carbocycles. The van der Waals surface area contributed by atoms with E-state index < -0.39 is 9.85 Å². The van der Waals surface area contributed by atoms with Gasteiger partial charge in [-0.2, -0.15) is 15.6 Å². The summed E-state index contributed by atoms with van der Waals surface area (Å²) in [6, 6.07) is 26.3. The van der Waals surface area contributed by atoms with E-state index in [9.17, 15) is 45.1 Å². The highest BCUT2D eigenvalue weighted by molar-refractivity contribution is 9.10. The summed E-state index contributed by atoms with van der Waals surface area (Å²) in [6.45, 7) is 2.69. The number of phenols is 3. The summed E-state index contributed by atoms with van der Waals surface area (Å²) in [5.41, 5.74) is 10.7. The van der Waals surface area contributed by atoms with Crippen LogP contribution in [0, 0.1) is 25.6 Å². The Kier molecular flexibility index (Phi) is 14.3. The van der Waals surface area contributed by atoms with Gasteiger partial charge < -0.3 is 26.0 Å². The minimum atomic E-state index is -0.532. The molecule has 0 radical (unpaired) electrons. The van der Waals surface area contributed by atoms with Crippen molar-refractivity contribution in [1.82, 2.24) is 66.9 Å². The largest absolute Gasteiger partial charge is 0.507 e. The maximum Gasteiger partial charge on any atom is 0.270 e. The number of ketones is 2. The number of fused-ring (bicyclic) bond motifs is 1. The number of nitro groups is 2. The SMILES string of the molecule is CC(=O)c1cc(-c2nn[nH]n2)cc(-c2cccc([N+](=O)[O-])c2)c1O.CC(=O)c1cc(-c2nn[nH]n2)cc(Br)c1O.N=C(N)c1cc2cc(-c3cc(-c4nn[nH]n4)cc(-c4cccc([N+](=O)[O-])c4)c3O)[nH]c2cc1Cl. The van der Waals surface area contributed by atoms with Crippen LogP contribution in [0.5, 0.6) is 17.2 Å². The Bertz CT molecular complexity index is 3810. The van der Waals surface area contributed by atoms with Crippen molar-refractivity contribution in [3.05, 3.63) is 150 Å². The summed E-state index contributed by atoms with van der Waals surface area (Å²) in [5, 5.41) is 103. The van der Waals surface area contributed by atoms with E-state index in [2.05, 4.69) is 82.8 Å². The van der Waals surface area contributed by atoms with E-state index in [0.717, 1.165) is 5.39 Å². The molecule has 0 atom stereocenters. The maximum absolute atomic E-state index is 11.8. The number of aromatic amines is 4. The molecular formula is C46H33BrClN17O9. The molecule has 4 heterocycles. The molecule has 28 heteroatoms. The van der Waals surface area contributed by atoms with Crippen molar-refractivity contribution in [2.24, 2.45) is 5.73 Å². The molecule has 0 saturated heterocycles. The number of hydrogen-bond acceptors (Lipinski definition) is 19. The molecule has 10 rings (SSSR count). The van der Waals surface area contributed by atoms with Crippen LogP contribution in [0.25, 0.3) is 78.6 Å². The van der Waals surface area contributed by atoms with Crippen molar-refractivity contribution in [3.63, 3.8) is 0 Å². The van der Waals surface area contributed by atoms with Crippen molar-refractivity contribution in [1.29, 1.82) is 5.41 Å². The van der Waals surface area contributed by atoms with Crippen LogP contribution in [-0.4, -0.2) is 109 Å². The first kappa shape index (κ1) is 50.2. The highest BCUT2D eigenvalue weighted by Gasteiger charge is 2.22. The van der Waals surface area contributed by atoms with Gasteiger partial charge in [0.1, 0.15) is 23.1 Å². The van der Waals surface area contributed by atoms with Gasteiger partial charge in [0.25, 0.3) is 11.4 Å².